The number of hydrogen-bond acceptors (Lipinski definition) is 8. The number of aromatic nitrogens is 8. The van der Waals surface area contributed by atoms with Gasteiger partial charge in [0.15, 0.2) is 0 Å². The van der Waals surface area contributed by atoms with E-state index < -0.39 is 0 Å². The van der Waals surface area contributed by atoms with Gasteiger partial charge in [0.25, 0.3) is 0 Å². The van der Waals surface area contributed by atoms with E-state index in [1.165, 1.54) is 66.8 Å². The second-order valence-electron chi connectivity index (χ2n) is 34.0. The molecule has 13 heteroatoms. The number of benzene rings is 12. The Morgan fingerprint density at radius 3 is 0.755 bits per heavy atom. The van der Waals surface area contributed by atoms with Crippen LogP contribution in [-0.4, -0.2) is 39.9 Å². The number of nitrogens with zero attached hydrogens (tertiary/aromatic N) is 8. The second-order valence-corrected chi connectivity index (χ2v) is 34.0. The summed E-state index contributed by atoms with van der Waals surface area (Å²) in [5.74, 6) is 1.01. The summed E-state index contributed by atoms with van der Waals surface area (Å²) in [4.78, 5) is 34.9. The van der Waals surface area contributed by atoms with Crippen LogP contribution in [-0.2, 0) is 111 Å². The molecule has 20 aromatic rings. The van der Waals surface area contributed by atoms with Crippen molar-refractivity contribution in [2.45, 2.75) is 91.9 Å². The molecule has 0 aliphatic carbocycles. The first-order chi connectivity index (χ1) is 65.4. The van der Waals surface area contributed by atoms with Gasteiger partial charge in [-0.15, -0.1) is 285 Å². The minimum atomic E-state index is 0. The van der Waals surface area contributed by atoms with Crippen LogP contribution < -0.4 is 0 Å². The topological polar surface area (TPSA) is 103 Å². The summed E-state index contributed by atoms with van der Waals surface area (Å²) < 4.78 is 0. The van der Waals surface area contributed by atoms with E-state index in [4.69, 9.17) is 0 Å². The summed E-state index contributed by atoms with van der Waals surface area (Å²) in [6.07, 6.45) is 14.6. The van der Waals surface area contributed by atoms with Gasteiger partial charge < -0.3 is 39.9 Å². The largest absolute Gasteiger partial charge is 0.305 e. The molecule has 0 aliphatic heterocycles. The van der Waals surface area contributed by atoms with E-state index in [-0.39, 0.29) is 111 Å². The van der Waals surface area contributed by atoms with Crippen LogP contribution in [0.4, 0.5) is 0 Å². The van der Waals surface area contributed by atoms with Crippen molar-refractivity contribution in [2.75, 3.05) is 0 Å². The Bertz CT molecular complexity index is 6360. The molecule has 0 bridgehead atoms. The Labute approximate surface area is 891 Å². The van der Waals surface area contributed by atoms with Crippen molar-refractivity contribution in [2.24, 2.45) is 0 Å². The maximum Gasteiger partial charge on any atom is 0.0166 e. The van der Waals surface area contributed by atoms with Gasteiger partial charge in [0.05, 0.1) is 0 Å². The summed E-state index contributed by atoms with van der Waals surface area (Å²) in [6.45, 7) is 22.1. The molecule has 0 unspecified atom stereocenters. The fourth-order valence-electron chi connectivity index (χ4n) is 14.0. The number of hydrogen-bond donors (Lipinski definition) is 0. The zero-order chi connectivity index (χ0) is 93.4. The van der Waals surface area contributed by atoms with E-state index in [9.17, 15) is 0 Å². The first-order valence-electron chi connectivity index (χ1n) is 45.1. The Morgan fingerprint density at radius 2 is 0.424 bits per heavy atom. The first kappa shape index (κ1) is 111. The zero-order valence-electron chi connectivity index (χ0n) is 79.3. The predicted molar refractivity (Wildman–Crippen MR) is 555 cm³/mol. The fraction of sp³-hybridized carbons (Fsp3) is 0.111. The van der Waals surface area contributed by atoms with Crippen LogP contribution in [0.2, 0.25) is 0 Å². The Hall–Kier alpha value is -12.9. The summed E-state index contributed by atoms with van der Waals surface area (Å²) in [5.41, 5.74) is 31.2. The van der Waals surface area contributed by atoms with Crippen molar-refractivity contribution in [3.8, 4) is 135 Å². The Balaban J connectivity index is 0.000000196. The van der Waals surface area contributed by atoms with E-state index in [1.807, 2.05) is 261 Å². The molecule has 8 heterocycles. The molecule has 20 rings (SSSR count). The third kappa shape index (κ3) is 35.5. The molecule has 705 valence electrons. The Kier molecular flexibility index (Phi) is 47.1. The summed E-state index contributed by atoms with van der Waals surface area (Å²) in [7, 11) is 0. The third-order valence-corrected chi connectivity index (χ3v) is 21.5. The molecule has 8 nitrogen and oxygen atoms in total. The monoisotopic (exact) mass is 2700 g/mol. The average Bonchev–Trinajstić information content (AvgIpc) is 0.835. The second kappa shape index (κ2) is 58.7. The van der Waals surface area contributed by atoms with Gasteiger partial charge in [-0.1, -0.05) is 275 Å². The summed E-state index contributed by atoms with van der Waals surface area (Å²) in [6, 6.07) is 164. The van der Waals surface area contributed by atoms with Gasteiger partial charge >= 0.3 is 0 Å². The van der Waals surface area contributed by atoms with E-state index in [0.717, 1.165) is 90.1 Å². The molecule has 0 atom stereocenters. The molecule has 12 aromatic carbocycles. The molecule has 139 heavy (non-hydrogen) atoms. The van der Waals surface area contributed by atoms with Crippen LogP contribution in [0, 0.1) is 48.5 Å². The van der Waals surface area contributed by atoms with E-state index in [0.29, 0.717) is 11.8 Å². The molecule has 0 saturated heterocycles. The quantitative estimate of drug-likeness (QED) is 0.0992. The van der Waals surface area contributed by atoms with Crippen molar-refractivity contribution in [3.63, 3.8) is 0 Å². The van der Waals surface area contributed by atoms with Crippen LogP contribution in [0.15, 0.2) is 462 Å². The molecule has 0 saturated carbocycles. The average molecular weight is 2700 g/mol. The van der Waals surface area contributed by atoms with Crippen molar-refractivity contribution in [3.05, 3.63) is 533 Å². The predicted octanol–water partition coefficient (Wildman–Crippen LogP) is 31.9. The van der Waals surface area contributed by atoms with Crippen LogP contribution >= 0.6 is 0 Å². The van der Waals surface area contributed by atoms with Gasteiger partial charge in [-0.3, -0.25) is 0 Å². The van der Waals surface area contributed by atoms with E-state index in [2.05, 4.69) is 334 Å². The molecular formula is C126H108Ir5N8-8. The zero-order valence-corrected chi connectivity index (χ0v) is 91.3. The smallest absolute Gasteiger partial charge is 0.0166 e. The third-order valence-electron chi connectivity index (χ3n) is 21.5. The molecule has 0 amide bonds. The molecule has 0 fully saturated rings. The van der Waals surface area contributed by atoms with Crippen LogP contribution in [0.1, 0.15) is 103 Å². The van der Waals surface area contributed by atoms with Gasteiger partial charge in [-0.2, -0.15) is 0 Å². The van der Waals surface area contributed by atoms with Gasteiger partial charge in [-0.25, -0.2) is 0 Å². The van der Waals surface area contributed by atoms with Crippen molar-refractivity contribution in [1.82, 2.24) is 39.9 Å². The van der Waals surface area contributed by atoms with Crippen LogP contribution in [0.3, 0.4) is 0 Å². The van der Waals surface area contributed by atoms with Crippen LogP contribution in [0.5, 0.6) is 0 Å². The molecule has 0 aliphatic rings. The molecule has 0 N–H and O–H groups in total. The molecule has 5 radical (unpaired) electrons. The fourth-order valence-corrected chi connectivity index (χ4v) is 14.0. The number of pyridine rings is 8. The van der Waals surface area contributed by atoms with Gasteiger partial charge in [0.1, 0.15) is 0 Å². The molecule has 8 aromatic heterocycles. The minimum absolute atomic E-state index is 0. The van der Waals surface area contributed by atoms with Gasteiger partial charge in [0.2, 0.25) is 0 Å². The van der Waals surface area contributed by atoms with Crippen molar-refractivity contribution >= 4 is 0 Å². The van der Waals surface area contributed by atoms with Crippen molar-refractivity contribution < 1.29 is 101 Å². The SMILES string of the molecule is CC(C)(C)c1cc[c-]c(-c2ccccn2)c1.CC(C)(C)c1ccnc(-c2[c-]ccc(-c3ccccc3)c2)c1.CC(C)c1cc[c-]c(-c2cc(-c3ccccc3)ccn2)c1.CC(C)c1ccnc(-c2[c-]ccc(-c3ccccc3)c2)c1.[Ir].[Ir].[Ir].[Ir].[Ir].[c-]1ccc(-c2ccccc2)cc1-c1ccccn1.[c-]1ccccc1-c1ccccn1.[c-]1ccccc1-c1ccccn1.[c-]1ccccc1-c1ccccn1. The van der Waals surface area contributed by atoms with E-state index in [1.54, 1.807) is 24.8 Å². The van der Waals surface area contributed by atoms with Crippen LogP contribution in [0.25, 0.3) is 135 Å². The van der Waals surface area contributed by atoms with Crippen molar-refractivity contribution in [1.29, 1.82) is 0 Å². The van der Waals surface area contributed by atoms with E-state index >= 15 is 0 Å². The standard InChI is InChI=1S/C21H20N.2C20H18N.C17H12N.C15H16N.3C11H8N.5Ir/c1-21(2,3)19-12-13-22-20(15-19)18-11-7-10-17(14-18)16-8-5-4-6-9-16;1-15(2)17-11-12-21-20(14-17)19-10-6-9-18(13-19)16-7-4-3-5-8-16;1-15(2)17-9-6-10-19(13-17)20-14-18(11-12-21-20)16-7-4-3-5-8-16;1-2-7-14(8-3-1)15-9-6-10-16(13-15)17-11-4-5-12-18-17;1-15(2,3)13-8-6-7-12(11-13)14-9-4-5-10-16-14;3*1-2-6-10(7-3-1)11-8-4-5-9-12-11;;;;;/h4-10,12-15H,1-3H3;2*3-9,11-15H,1-2H3;1-9,11-13H;4-6,8-11H,1-3H3;3*1-6,8-9H;;;;;/q8*-1;;;;;. The molecular weight excluding hydrogens is 2590 g/mol. The van der Waals surface area contributed by atoms with Gasteiger partial charge in [-0.05, 0) is 150 Å². The van der Waals surface area contributed by atoms with Gasteiger partial charge in [0, 0.05) is 150 Å². The maximum atomic E-state index is 4.53. The normalized spacial score (nSPS) is 10.2. The summed E-state index contributed by atoms with van der Waals surface area (Å²) >= 11 is 0. The minimum Gasteiger partial charge on any atom is -0.305 e. The first-order valence-corrected chi connectivity index (χ1v) is 45.1. The Morgan fingerprint density at radius 1 is 0.173 bits per heavy atom. The maximum absolute atomic E-state index is 4.53. The molecule has 0 spiro atoms. The summed E-state index contributed by atoms with van der Waals surface area (Å²) in [5, 5.41) is 0. The number of rotatable bonds is 14.